The van der Waals surface area contributed by atoms with E-state index in [1.807, 2.05) is 0 Å². The van der Waals surface area contributed by atoms with Crippen LogP contribution in [0.25, 0.3) is 0 Å². The Bertz CT molecular complexity index is 726. The summed E-state index contributed by atoms with van der Waals surface area (Å²) in [5.74, 6) is -0.963. The Morgan fingerprint density at radius 2 is 1.95 bits per heavy atom. The molecule has 0 radical (unpaired) electrons. The number of carbonyl (C=O) groups is 1. The summed E-state index contributed by atoms with van der Waals surface area (Å²) in [6.07, 6.45) is 0. The van der Waals surface area contributed by atoms with Gasteiger partial charge in [0.05, 0.1) is 11.1 Å². The largest absolute Gasteiger partial charge is 0.322 e. The molecule has 0 saturated carbocycles. The van der Waals surface area contributed by atoms with Gasteiger partial charge in [0.1, 0.15) is 11.9 Å². The van der Waals surface area contributed by atoms with Gasteiger partial charge in [0.15, 0.2) is 0 Å². The van der Waals surface area contributed by atoms with Crippen LogP contribution in [0.4, 0.5) is 10.1 Å². The summed E-state index contributed by atoms with van der Waals surface area (Å²) >= 11 is 6.60. The molecule has 0 unspecified atom stereocenters. The Balaban J connectivity index is 2.26. The fourth-order valence-electron chi connectivity index (χ4n) is 1.56. The maximum atomic E-state index is 13.2. The van der Waals surface area contributed by atoms with Crippen LogP contribution in [-0.2, 0) is 0 Å². The van der Waals surface area contributed by atoms with Gasteiger partial charge in [0.25, 0.3) is 5.91 Å². The van der Waals surface area contributed by atoms with Crippen LogP contribution >= 0.6 is 31.9 Å². The van der Waals surface area contributed by atoms with Crippen molar-refractivity contribution in [2.75, 3.05) is 5.32 Å². The number of nitrogens with one attached hydrogen (secondary N) is 1. The minimum absolute atomic E-state index is 0.113. The van der Waals surface area contributed by atoms with Crippen LogP contribution in [0, 0.1) is 17.1 Å². The van der Waals surface area contributed by atoms with Crippen molar-refractivity contribution in [3.05, 3.63) is 62.3 Å². The molecule has 0 heterocycles. The second-order valence-corrected chi connectivity index (χ2v) is 5.65. The summed E-state index contributed by atoms with van der Waals surface area (Å²) in [7, 11) is 0. The van der Waals surface area contributed by atoms with Gasteiger partial charge in [-0.2, -0.15) is 5.26 Å². The molecular weight excluding hydrogens is 391 g/mol. The molecule has 3 nitrogen and oxygen atoms in total. The van der Waals surface area contributed by atoms with Crippen molar-refractivity contribution in [3.8, 4) is 6.07 Å². The fraction of sp³-hybridized carbons (Fsp3) is 0. The van der Waals surface area contributed by atoms with E-state index in [1.165, 1.54) is 12.1 Å². The van der Waals surface area contributed by atoms with Crippen molar-refractivity contribution in [1.29, 1.82) is 5.26 Å². The molecule has 1 N–H and O–H groups in total. The van der Waals surface area contributed by atoms with Crippen LogP contribution in [0.3, 0.4) is 0 Å². The van der Waals surface area contributed by atoms with Gasteiger partial charge in [-0.25, -0.2) is 4.39 Å². The first-order chi connectivity index (χ1) is 9.51. The molecule has 0 aromatic heterocycles. The highest BCUT2D eigenvalue weighted by molar-refractivity contribution is 9.11. The molecule has 0 bridgehead atoms. The van der Waals surface area contributed by atoms with Crippen molar-refractivity contribution in [3.63, 3.8) is 0 Å². The van der Waals surface area contributed by atoms with Crippen molar-refractivity contribution in [1.82, 2.24) is 0 Å². The zero-order valence-corrected chi connectivity index (χ0v) is 13.1. The maximum absolute atomic E-state index is 13.2. The quantitative estimate of drug-likeness (QED) is 0.812. The molecule has 2 aromatic carbocycles. The van der Waals surface area contributed by atoms with Gasteiger partial charge in [-0.15, -0.1) is 0 Å². The lowest BCUT2D eigenvalue weighted by Crippen LogP contribution is -2.12. The second kappa shape index (κ2) is 6.16. The Kier molecular flexibility index (Phi) is 4.53. The van der Waals surface area contributed by atoms with Gasteiger partial charge >= 0.3 is 0 Å². The predicted molar refractivity (Wildman–Crippen MR) is 80.9 cm³/mol. The van der Waals surface area contributed by atoms with E-state index in [9.17, 15) is 9.18 Å². The third-order valence-electron chi connectivity index (χ3n) is 2.52. The lowest BCUT2D eigenvalue weighted by atomic mass is 10.2. The number of halogens is 3. The first-order valence-electron chi connectivity index (χ1n) is 5.47. The number of nitriles is 1. The number of nitrogens with zero attached hydrogens (tertiary/aromatic N) is 1. The van der Waals surface area contributed by atoms with Gasteiger partial charge in [-0.3, -0.25) is 4.79 Å². The number of amides is 1. The summed E-state index contributed by atoms with van der Waals surface area (Å²) in [5.41, 5.74) is 0.691. The van der Waals surface area contributed by atoms with Crippen molar-refractivity contribution >= 4 is 43.5 Å². The number of hydrogen-bond donors (Lipinski definition) is 1. The molecule has 2 aromatic rings. The van der Waals surface area contributed by atoms with E-state index in [-0.39, 0.29) is 11.5 Å². The van der Waals surface area contributed by atoms with Crippen LogP contribution in [0.2, 0.25) is 0 Å². The van der Waals surface area contributed by atoms with Crippen molar-refractivity contribution < 1.29 is 9.18 Å². The highest BCUT2D eigenvalue weighted by Crippen LogP contribution is 2.23. The van der Waals surface area contributed by atoms with Crippen LogP contribution < -0.4 is 5.32 Å². The van der Waals surface area contributed by atoms with Gasteiger partial charge < -0.3 is 5.32 Å². The average Bonchev–Trinajstić information content (AvgIpc) is 2.40. The van der Waals surface area contributed by atoms with Crippen molar-refractivity contribution in [2.45, 2.75) is 0 Å². The number of carbonyl (C=O) groups excluding carboxylic acids is 1. The summed E-state index contributed by atoms with van der Waals surface area (Å²) in [6.45, 7) is 0. The predicted octanol–water partition coefficient (Wildman–Crippen LogP) is 4.47. The minimum atomic E-state index is -0.615. The minimum Gasteiger partial charge on any atom is -0.322 e. The van der Waals surface area contributed by atoms with E-state index in [0.29, 0.717) is 15.7 Å². The second-order valence-electron chi connectivity index (χ2n) is 3.88. The third kappa shape index (κ3) is 3.24. The SMILES string of the molecule is N#Cc1cc(NC(=O)c2ccc(Br)cc2Br)ccc1F. The van der Waals surface area contributed by atoms with Crippen molar-refractivity contribution in [2.24, 2.45) is 0 Å². The Morgan fingerprint density at radius 1 is 1.20 bits per heavy atom. The molecule has 0 spiro atoms. The topological polar surface area (TPSA) is 52.9 Å². The average molecular weight is 398 g/mol. The lowest BCUT2D eigenvalue weighted by Gasteiger charge is -2.07. The zero-order valence-electron chi connectivity index (χ0n) is 9.95. The Hall–Kier alpha value is -1.71. The third-order valence-corrected chi connectivity index (χ3v) is 3.67. The molecule has 1 amide bonds. The fourth-order valence-corrected chi connectivity index (χ4v) is 2.79. The maximum Gasteiger partial charge on any atom is 0.256 e. The molecule has 6 heteroatoms. The molecule has 0 aliphatic heterocycles. The van der Waals surface area contributed by atoms with E-state index in [0.717, 1.165) is 10.5 Å². The molecule has 0 aliphatic carbocycles. The van der Waals surface area contributed by atoms with Gasteiger partial charge in [-0.1, -0.05) is 15.9 Å². The zero-order chi connectivity index (χ0) is 14.7. The molecule has 0 atom stereocenters. The van der Waals surface area contributed by atoms with Gasteiger partial charge in [0.2, 0.25) is 0 Å². The van der Waals surface area contributed by atoms with Crippen LogP contribution in [0.15, 0.2) is 45.3 Å². The molecule has 0 saturated heterocycles. The Labute approximate surface area is 131 Å². The molecule has 100 valence electrons. The number of hydrogen-bond acceptors (Lipinski definition) is 2. The number of rotatable bonds is 2. The molecular formula is C14H7Br2FN2O. The monoisotopic (exact) mass is 396 g/mol. The van der Waals surface area contributed by atoms with Gasteiger partial charge in [-0.05, 0) is 52.3 Å². The van der Waals surface area contributed by atoms with E-state index in [2.05, 4.69) is 37.2 Å². The first-order valence-corrected chi connectivity index (χ1v) is 7.06. The summed E-state index contributed by atoms with van der Waals surface area (Å²) in [6, 6.07) is 10.7. The van der Waals surface area contributed by atoms with E-state index in [1.54, 1.807) is 24.3 Å². The highest BCUT2D eigenvalue weighted by atomic mass is 79.9. The molecule has 0 fully saturated rings. The first kappa shape index (κ1) is 14.7. The van der Waals surface area contributed by atoms with Gasteiger partial charge in [0, 0.05) is 14.6 Å². The summed E-state index contributed by atoms with van der Waals surface area (Å²) < 4.78 is 14.7. The number of benzene rings is 2. The van der Waals surface area contributed by atoms with Crippen LogP contribution in [0.5, 0.6) is 0 Å². The standard InChI is InChI=1S/C14H7Br2FN2O/c15-9-1-3-11(12(16)6-9)14(20)19-10-2-4-13(17)8(5-10)7-18/h1-6H,(H,19,20). The van der Waals surface area contributed by atoms with E-state index >= 15 is 0 Å². The Morgan fingerprint density at radius 3 is 2.60 bits per heavy atom. The molecule has 2 rings (SSSR count). The molecule has 0 aliphatic rings. The van der Waals surface area contributed by atoms with E-state index in [4.69, 9.17) is 5.26 Å². The van der Waals surface area contributed by atoms with Crippen LogP contribution in [-0.4, -0.2) is 5.91 Å². The smallest absolute Gasteiger partial charge is 0.256 e. The lowest BCUT2D eigenvalue weighted by molar-refractivity contribution is 0.102. The van der Waals surface area contributed by atoms with Crippen LogP contribution in [0.1, 0.15) is 15.9 Å². The van der Waals surface area contributed by atoms with E-state index < -0.39 is 5.82 Å². The summed E-state index contributed by atoms with van der Waals surface area (Å²) in [4.78, 5) is 12.1. The summed E-state index contributed by atoms with van der Waals surface area (Å²) in [5, 5.41) is 11.4. The highest BCUT2D eigenvalue weighted by Gasteiger charge is 2.11. The molecule has 20 heavy (non-hydrogen) atoms. The normalized spacial score (nSPS) is 9.90. The number of anilines is 1.